The Balaban J connectivity index is 1.57. The molecule has 2 saturated heterocycles. The van der Waals surface area contributed by atoms with Crippen LogP contribution in [-0.4, -0.2) is 32.7 Å². The number of hydrogen-bond donors (Lipinski definition) is 0. The van der Waals surface area contributed by atoms with Crippen LogP contribution in [0.3, 0.4) is 0 Å². The molecule has 0 saturated carbocycles. The lowest BCUT2D eigenvalue weighted by atomic mass is 10.0. The highest BCUT2D eigenvalue weighted by Crippen LogP contribution is 2.43. The molecule has 0 radical (unpaired) electrons. The van der Waals surface area contributed by atoms with Gasteiger partial charge in [0.2, 0.25) is 0 Å². The Morgan fingerprint density at radius 2 is 1.79 bits per heavy atom. The van der Waals surface area contributed by atoms with Gasteiger partial charge in [0.05, 0.1) is 18.2 Å². The van der Waals surface area contributed by atoms with Crippen LogP contribution in [0.5, 0.6) is 0 Å². The molecule has 2 aliphatic rings. The predicted octanol–water partition coefficient (Wildman–Crippen LogP) is 3.51. The molecule has 1 aromatic heterocycles. The van der Waals surface area contributed by atoms with E-state index in [0.717, 1.165) is 36.9 Å². The van der Waals surface area contributed by atoms with Gasteiger partial charge in [-0.2, -0.15) is 0 Å². The second-order valence-electron chi connectivity index (χ2n) is 6.60. The Morgan fingerprint density at radius 3 is 2.71 bits per heavy atom. The van der Waals surface area contributed by atoms with Crippen molar-refractivity contribution in [1.82, 2.24) is 19.9 Å². The monoisotopic (exact) mass is 320 g/mol. The van der Waals surface area contributed by atoms with Crippen molar-refractivity contribution in [2.75, 3.05) is 6.61 Å². The van der Waals surface area contributed by atoms with Crippen LogP contribution in [0.25, 0.3) is 11.0 Å². The van der Waals surface area contributed by atoms with Gasteiger partial charge in [0.15, 0.2) is 0 Å². The van der Waals surface area contributed by atoms with E-state index in [0.29, 0.717) is 0 Å². The first-order chi connectivity index (χ1) is 11.9. The number of benzene rings is 2. The summed E-state index contributed by atoms with van der Waals surface area (Å²) in [5.41, 5.74) is 3.37. The Hall–Kier alpha value is -2.24. The highest BCUT2D eigenvalue weighted by molar-refractivity contribution is 5.73. The third-order valence-corrected chi connectivity index (χ3v) is 5.24. The van der Waals surface area contributed by atoms with Crippen molar-refractivity contribution in [1.29, 1.82) is 0 Å². The number of fused-ring (bicyclic) bond motifs is 2. The third kappa shape index (κ3) is 2.16. The molecule has 3 atom stereocenters. The van der Waals surface area contributed by atoms with Crippen LogP contribution in [-0.2, 0) is 4.74 Å². The van der Waals surface area contributed by atoms with Gasteiger partial charge in [-0.25, -0.2) is 9.58 Å². The first-order valence-corrected chi connectivity index (χ1v) is 8.66. The van der Waals surface area contributed by atoms with Crippen LogP contribution in [0.4, 0.5) is 0 Å². The summed E-state index contributed by atoms with van der Waals surface area (Å²) in [6, 6.07) is 19.1. The summed E-state index contributed by atoms with van der Waals surface area (Å²) in [7, 11) is 0. The average molecular weight is 320 g/mol. The maximum atomic E-state index is 6.13. The Labute approximate surface area is 140 Å². The molecule has 3 aromatic rings. The zero-order valence-corrected chi connectivity index (χ0v) is 13.5. The molecule has 0 N–H and O–H groups in total. The molecule has 0 spiro atoms. The van der Waals surface area contributed by atoms with E-state index in [2.05, 4.69) is 62.4 Å². The van der Waals surface area contributed by atoms with E-state index in [1.807, 2.05) is 12.1 Å². The smallest absolute Gasteiger partial charge is 0.113 e. The van der Waals surface area contributed by atoms with E-state index < -0.39 is 0 Å². The molecule has 1 unspecified atom stereocenters. The van der Waals surface area contributed by atoms with Crippen LogP contribution in [0.1, 0.15) is 37.0 Å². The maximum absolute atomic E-state index is 6.13. The lowest BCUT2D eigenvalue weighted by Gasteiger charge is -2.39. The summed E-state index contributed by atoms with van der Waals surface area (Å²) in [5.74, 6) is 0. The molecule has 2 aromatic carbocycles. The van der Waals surface area contributed by atoms with E-state index in [4.69, 9.17) is 4.74 Å². The SMILES string of the molecule is c1ccc([C@@H]2CO[C@@H]3CCCC(n4nnc5ccccc54)N32)cc1. The molecular weight excluding hydrogens is 300 g/mol. The van der Waals surface area contributed by atoms with Gasteiger partial charge in [-0.1, -0.05) is 47.7 Å². The summed E-state index contributed by atoms with van der Waals surface area (Å²) >= 11 is 0. The molecule has 5 rings (SSSR count). The molecular formula is C19H20N4O. The number of ether oxygens (including phenoxy) is 1. The van der Waals surface area contributed by atoms with Crippen molar-refractivity contribution in [3.05, 3.63) is 60.2 Å². The molecule has 5 nitrogen and oxygen atoms in total. The van der Waals surface area contributed by atoms with Gasteiger partial charge < -0.3 is 4.74 Å². The highest BCUT2D eigenvalue weighted by atomic mass is 16.5. The van der Waals surface area contributed by atoms with E-state index in [-0.39, 0.29) is 18.4 Å². The molecule has 0 aliphatic carbocycles. The van der Waals surface area contributed by atoms with Crippen molar-refractivity contribution in [2.24, 2.45) is 0 Å². The zero-order valence-electron chi connectivity index (χ0n) is 13.5. The predicted molar refractivity (Wildman–Crippen MR) is 91.2 cm³/mol. The molecule has 24 heavy (non-hydrogen) atoms. The fraction of sp³-hybridized carbons (Fsp3) is 0.368. The van der Waals surface area contributed by atoms with Gasteiger partial charge >= 0.3 is 0 Å². The normalized spacial score (nSPS) is 27.4. The van der Waals surface area contributed by atoms with Crippen molar-refractivity contribution < 1.29 is 4.74 Å². The van der Waals surface area contributed by atoms with Gasteiger partial charge in [-0.3, -0.25) is 0 Å². The molecule has 3 heterocycles. The van der Waals surface area contributed by atoms with Crippen LogP contribution >= 0.6 is 0 Å². The summed E-state index contributed by atoms with van der Waals surface area (Å²) in [6.07, 6.45) is 3.70. The van der Waals surface area contributed by atoms with Crippen LogP contribution in [0.15, 0.2) is 54.6 Å². The first-order valence-electron chi connectivity index (χ1n) is 8.66. The summed E-state index contributed by atoms with van der Waals surface area (Å²) in [5, 5.41) is 8.83. The van der Waals surface area contributed by atoms with Crippen LogP contribution in [0.2, 0.25) is 0 Å². The van der Waals surface area contributed by atoms with Gasteiger partial charge in [0.25, 0.3) is 0 Å². The van der Waals surface area contributed by atoms with Gasteiger partial charge in [0, 0.05) is 0 Å². The van der Waals surface area contributed by atoms with Crippen molar-refractivity contribution in [2.45, 2.75) is 37.7 Å². The third-order valence-electron chi connectivity index (χ3n) is 5.24. The van der Waals surface area contributed by atoms with E-state index >= 15 is 0 Å². The minimum absolute atomic E-state index is 0.178. The van der Waals surface area contributed by atoms with Crippen molar-refractivity contribution in [3.8, 4) is 0 Å². The maximum Gasteiger partial charge on any atom is 0.113 e. The van der Waals surface area contributed by atoms with E-state index in [1.54, 1.807) is 0 Å². The lowest BCUT2D eigenvalue weighted by molar-refractivity contribution is -0.0521. The van der Waals surface area contributed by atoms with Crippen LogP contribution in [0, 0.1) is 0 Å². The molecule has 2 fully saturated rings. The highest BCUT2D eigenvalue weighted by Gasteiger charge is 2.43. The molecule has 2 aliphatic heterocycles. The molecule has 0 amide bonds. The largest absolute Gasteiger partial charge is 0.361 e. The number of aromatic nitrogens is 3. The zero-order chi connectivity index (χ0) is 15.9. The first kappa shape index (κ1) is 14.1. The standard InChI is InChI=1S/C19H20N4O/c1-2-7-14(8-3-1)17-13-24-19-12-6-11-18(22(17)19)23-16-10-5-4-9-15(16)20-21-23/h1-5,7-10,17-19H,6,11-13H2/t17-,18?,19+/m0/s1. The summed E-state index contributed by atoms with van der Waals surface area (Å²) in [4.78, 5) is 2.50. The molecule has 5 heteroatoms. The van der Waals surface area contributed by atoms with Crippen LogP contribution < -0.4 is 0 Å². The lowest BCUT2D eigenvalue weighted by Crippen LogP contribution is -2.42. The number of rotatable bonds is 2. The number of hydrogen-bond acceptors (Lipinski definition) is 4. The topological polar surface area (TPSA) is 43.2 Å². The van der Waals surface area contributed by atoms with Crippen molar-refractivity contribution >= 4 is 11.0 Å². The number of para-hydroxylation sites is 1. The minimum atomic E-state index is 0.178. The second-order valence-corrected chi connectivity index (χ2v) is 6.60. The number of piperidine rings is 1. The molecule has 122 valence electrons. The fourth-order valence-electron chi connectivity index (χ4n) is 4.13. The fourth-order valence-corrected chi connectivity index (χ4v) is 4.13. The van der Waals surface area contributed by atoms with Crippen molar-refractivity contribution in [3.63, 3.8) is 0 Å². The Kier molecular flexibility index (Phi) is 3.35. The van der Waals surface area contributed by atoms with E-state index in [1.165, 1.54) is 5.56 Å². The Morgan fingerprint density at radius 1 is 0.958 bits per heavy atom. The van der Waals surface area contributed by atoms with Gasteiger partial charge in [0.1, 0.15) is 17.9 Å². The summed E-state index contributed by atoms with van der Waals surface area (Å²) in [6.45, 7) is 0.748. The quantitative estimate of drug-likeness (QED) is 0.725. The van der Waals surface area contributed by atoms with Gasteiger partial charge in [-0.15, -0.1) is 5.10 Å². The summed E-state index contributed by atoms with van der Waals surface area (Å²) < 4.78 is 8.22. The second kappa shape index (κ2) is 5.69. The average Bonchev–Trinajstić information content (AvgIpc) is 3.27. The van der Waals surface area contributed by atoms with Gasteiger partial charge in [-0.05, 0) is 37.0 Å². The van der Waals surface area contributed by atoms with E-state index in [9.17, 15) is 0 Å². The number of nitrogens with zero attached hydrogens (tertiary/aromatic N) is 4. The Bertz CT molecular complexity index is 847. The minimum Gasteiger partial charge on any atom is -0.361 e. The molecule has 0 bridgehead atoms.